The maximum Gasteiger partial charge on any atom is 0.336 e. The largest absolute Gasteiger partial charge is 0.478 e. The summed E-state index contributed by atoms with van der Waals surface area (Å²) in [5.74, 6) is -0.0202. The third-order valence-electron chi connectivity index (χ3n) is 3.57. The summed E-state index contributed by atoms with van der Waals surface area (Å²) in [6.45, 7) is 1.87. The van der Waals surface area contributed by atoms with Crippen molar-refractivity contribution in [3.8, 4) is 11.3 Å². The Morgan fingerprint density at radius 1 is 0.917 bits per heavy atom. The minimum atomic E-state index is -1.13. The number of amides is 1. The smallest absolute Gasteiger partial charge is 0.336 e. The summed E-state index contributed by atoms with van der Waals surface area (Å²) in [7, 11) is 0. The summed E-state index contributed by atoms with van der Waals surface area (Å²) >= 11 is 0. The molecule has 1 aromatic heterocycles. The highest BCUT2D eigenvalue weighted by molar-refractivity contribution is 6.10. The average Bonchev–Trinajstić information content (AvgIpc) is 3.02. The van der Waals surface area contributed by atoms with Gasteiger partial charge in [0.2, 0.25) is 0 Å². The zero-order valence-electron chi connectivity index (χ0n) is 12.9. The molecule has 0 saturated heterocycles. The molecule has 0 fully saturated rings. The molecule has 3 rings (SSSR count). The van der Waals surface area contributed by atoms with Crippen LogP contribution in [-0.2, 0) is 0 Å². The summed E-state index contributed by atoms with van der Waals surface area (Å²) in [5.41, 5.74) is 1.56. The van der Waals surface area contributed by atoms with E-state index in [-0.39, 0.29) is 11.1 Å². The van der Waals surface area contributed by atoms with Crippen molar-refractivity contribution in [1.29, 1.82) is 0 Å². The SMILES string of the molecule is Cc1ccc(-c2ccc(NC(=O)c3ccccc3C(=O)O)cc2)o1. The van der Waals surface area contributed by atoms with Crippen molar-refractivity contribution < 1.29 is 19.1 Å². The number of carbonyl (C=O) groups excluding carboxylic acids is 1. The van der Waals surface area contributed by atoms with Gasteiger partial charge in [-0.3, -0.25) is 4.79 Å². The number of nitrogens with one attached hydrogen (secondary N) is 1. The van der Waals surface area contributed by atoms with Gasteiger partial charge in [-0.05, 0) is 55.5 Å². The average molecular weight is 321 g/mol. The third kappa shape index (κ3) is 3.20. The number of rotatable bonds is 4. The fraction of sp³-hybridized carbons (Fsp3) is 0.0526. The molecule has 1 amide bonds. The van der Waals surface area contributed by atoms with Crippen molar-refractivity contribution >= 4 is 17.6 Å². The number of hydrogen-bond donors (Lipinski definition) is 2. The Kier molecular flexibility index (Phi) is 4.16. The number of carboxylic acid groups (broad SMARTS) is 1. The third-order valence-corrected chi connectivity index (χ3v) is 3.57. The van der Waals surface area contributed by atoms with E-state index in [1.165, 1.54) is 12.1 Å². The molecule has 0 unspecified atom stereocenters. The first kappa shape index (κ1) is 15.6. The van der Waals surface area contributed by atoms with Crippen LogP contribution in [0, 0.1) is 6.92 Å². The van der Waals surface area contributed by atoms with E-state index in [0.717, 1.165) is 17.1 Å². The zero-order chi connectivity index (χ0) is 17.1. The molecule has 0 aliphatic heterocycles. The second kappa shape index (κ2) is 6.42. The lowest BCUT2D eigenvalue weighted by molar-refractivity contribution is 0.0692. The Morgan fingerprint density at radius 3 is 2.17 bits per heavy atom. The lowest BCUT2D eigenvalue weighted by atomic mass is 10.1. The van der Waals surface area contributed by atoms with Crippen LogP contribution >= 0.6 is 0 Å². The van der Waals surface area contributed by atoms with Gasteiger partial charge in [0.15, 0.2) is 0 Å². The number of carboxylic acids is 1. The van der Waals surface area contributed by atoms with Gasteiger partial charge in [0.05, 0.1) is 11.1 Å². The fourth-order valence-electron chi connectivity index (χ4n) is 2.37. The first-order chi connectivity index (χ1) is 11.5. The summed E-state index contributed by atoms with van der Waals surface area (Å²) < 4.78 is 5.55. The quantitative estimate of drug-likeness (QED) is 0.754. The second-order valence-electron chi connectivity index (χ2n) is 5.29. The van der Waals surface area contributed by atoms with Crippen LogP contribution < -0.4 is 5.32 Å². The van der Waals surface area contributed by atoms with Crippen LogP contribution in [0.2, 0.25) is 0 Å². The van der Waals surface area contributed by atoms with E-state index in [4.69, 9.17) is 9.52 Å². The lowest BCUT2D eigenvalue weighted by Gasteiger charge is -2.08. The van der Waals surface area contributed by atoms with Crippen molar-refractivity contribution in [3.63, 3.8) is 0 Å². The number of furan rings is 1. The van der Waals surface area contributed by atoms with Crippen LogP contribution in [0.25, 0.3) is 11.3 Å². The van der Waals surface area contributed by atoms with Crippen LogP contribution in [0.3, 0.4) is 0 Å². The van der Waals surface area contributed by atoms with Gasteiger partial charge >= 0.3 is 5.97 Å². The normalized spacial score (nSPS) is 10.4. The van der Waals surface area contributed by atoms with Crippen molar-refractivity contribution in [2.24, 2.45) is 0 Å². The fourth-order valence-corrected chi connectivity index (χ4v) is 2.37. The highest BCUT2D eigenvalue weighted by Gasteiger charge is 2.15. The van der Waals surface area contributed by atoms with Gasteiger partial charge in [0.25, 0.3) is 5.91 Å². The van der Waals surface area contributed by atoms with E-state index in [1.54, 1.807) is 24.3 Å². The molecule has 0 bridgehead atoms. The van der Waals surface area contributed by atoms with E-state index in [0.29, 0.717) is 5.69 Å². The van der Waals surface area contributed by atoms with E-state index < -0.39 is 11.9 Å². The molecular weight excluding hydrogens is 306 g/mol. The Balaban J connectivity index is 1.79. The van der Waals surface area contributed by atoms with E-state index >= 15 is 0 Å². The predicted molar refractivity (Wildman–Crippen MR) is 90.2 cm³/mol. The molecule has 0 radical (unpaired) electrons. The van der Waals surface area contributed by atoms with Gasteiger partial charge in [-0.15, -0.1) is 0 Å². The van der Waals surface area contributed by atoms with Gasteiger partial charge in [0, 0.05) is 11.3 Å². The monoisotopic (exact) mass is 321 g/mol. The summed E-state index contributed by atoms with van der Waals surface area (Å²) in [5, 5.41) is 11.9. The summed E-state index contributed by atoms with van der Waals surface area (Å²) in [4.78, 5) is 23.5. The highest BCUT2D eigenvalue weighted by atomic mass is 16.4. The van der Waals surface area contributed by atoms with Crippen LogP contribution in [0.5, 0.6) is 0 Å². The molecule has 120 valence electrons. The van der Waals surface area contributed by atoms with Crippen LogP contribution in [0.15, 0.2) is 65.1 Å². The molecule has 1 heterocycles. The minimum absolute atomic E-state index is 0.0299. The maximum atomic E-state index is 12.3. The Morgan fingerprint density at radius 2 is 1.58 bits per heavy atom. The minimum Gasteiger partial charge on any atom is -0.478 e. The Hall–Kier alpha value is -3.34. The molecule has 2 N–H and O–H groups in total. The van der Waals surface area contributed by atoms with Gasteiger partial charge in [-0.25, -0.2) is 4.79 Å². The van der Waals surface area contributed by atoms with E-state index in [1.807, 2.05) is 31.2 Å². The molecule has 0 saturated carbocycles. The van der Waals surface area contributed by atoms with Crippen molar-refractivity contribution in [2.45, 2.75) is 6.92 Å². The Labute approximate surface area is 138 Å². The molecule has 0 atom stereocenters. The maximum absolute atomic E-state index is 12.3. The second-order valence-corrected chi connectivity index (χ2v) is 5.29. The van der Waals surface area contributed by atoms with Crippen molar-refractivity contribution in [2.75, 3.05) is 5.32 Å². The topological polar surface area (TPSA) is 79.5 Å². The van der Waals surface area contributed by atoms with Crippen LogP contribution in [0.4, 0.5) is 5.69 Å². The van der Waals surface area contributed by atoms with Crippen molar-refractivity contribution in [3.05, 3.63) is 77.6 Å². The van der Waals surface area contributed by atoms with Crippen LogP contribution in [-0.4, -0.2) is 17.0 Å². The molecule has 0 aliphatic rings. The van der Waals surface area contributed by atoms with Gasteiger partial charge in [-0.2, -0.15) is 0 Å². The van der Waals surface area contributed by atoms with Gasteiger partial charge in [-0.1, -0.05) is 12.1 Å². The molecule has 3 aromatic rings. The standard InChI is InChI=1S/C19H15NO4/c1-12-6-11-17(24-12)13-7-9-14(10-8-13)20-18(21)15-4-2-3-5-16(15)19(22)23/h2-11H,1H3,(H,20,21)(H,22,23). The Bertz CT molecular complexity index is 894. The van der Waals surface area contributed by atoms with Crippen LogP contribution in [0.1, 0.15) is 26.5 Å². The number of hydrogen-bond acceptors (Lipinski definition) is 3. The zero-order valence-corrected chi connectivity index (χ0v) is 12.9. The van der Waals surface area contributed by atoms with Gasteiger partial charge < -0.3 is 14.8 Å². The number of anilines is 1. The van der Waals surface area contributed by atoms with Gasteiger partial charge in [0.1, 0.15) is 11.5 Å². The number of benzene rings is 2. The molecule has 5 heteroatoms. The van der Waals surface area contributed by atoms with E-state index in [9.17, 15) is 9.59 Å². The molecule has 24 heavy (non-hydrogen) atoms. The van der Waals surface area contributed by atoms with E-state index in [2.05, 4.69) is 5.32 Å². The summed E-state index contributed by atoms with van der Waals surface area (Å²) in [6.07, 6.45) is 0. The number of aryl methyl sites for hydroxylation is 1. The predicted octanol–water partition coefficient (Wildman–Crippen LogP) is 4.21. The highest BCUT2D eigenvalue weighted by Crippen LogP contribution is 2.23. The first-order valence-corrected chi connectivity index (χ1v) is 7.35. The number of carbonyl (C=O) groups is 2. The summed E-state index contributed by atoms with van der Waals surface area (Å²) in [6, 6.07) is 17.0. The van der Waals surface area contributed by atoms with Crippen molar-refractivity contribution in [1.82, 2.24) is 0 Å². The first-order valence-electron chi connectivity index (χ1n) is 7.35. The molecular formula is C19H15NO4. The molecule has 0 aliphatic carbocycles. The molecule has 0 spiro atoms. The lowest BCUT2D eigenvalue weighted by Crippen LogP contribution is -2.16. The molecule has 5 nitrogen and oxygen atoms in total. The molecule has 2 aromatic carbocycles. The number of aromatic carboxylic acids is 1.